The second-order valence-corrected chi connectivity index (χ2v) is 5.72. The van der Waals surface area contributed by atoms with Gasteiger partial charge >= 0.3 is 0 Å². The molecule has 2 nitrogen and oxygen atoms in total. The van der Waals surface area contributed by atoms with Crippen LogP contribution < -0.4 is 0 Å². The van der Waals surface area contributed by atoms with Crippen molar-refractivity contribution in [2.75, 3.05) is 6.61 Å². The smallest absolute Gasteiger partial charge is 0.0602 e. The average Bonchev–Trinajstić information content (AvgIpc) is 2.92. The molecule has 1 aliphatic rings. The van der Waals surface area contributed by atoms with Crippen LogP contribution in [0.3, 0.4) is 0 Å². The summed E-state index contributed by atoms with van der Waals surface area (Å²) in [6.45, 7) is 7.95. The van der Waals surface area contributed by atoms with Crippen molar-refractivity contribution in [2.45, 2.75) is 39.4 Å². The molecule has 0 saturated carbocycles. The third-order valence-corrected chi connectivity index (χ3v) is 3.34. The highest BCUT2D eigenvalue weighted by Gasteiger charge is 2.52. The zero-order valence-electron chi connectivity index (χ0n) is 10.4. The van der Waals surface area contributed by atoms with Gasteiger partial charge in [-0.05, 0) is 11.0 Å². The Hall–Kier alpha value is -0.860. The van der Waals surface area contributed by atoms with Crippen LogP contribution in [0.1, 0.15) is 26.3 Å². The molecule has 1 aromatic rings. The van der Waals surface area contributed by atoms with Crippen molar-refractivity contribution in [3.63, 3.8) is 0 Å². The lowest BCUT2D eigenvalue weighted by Gasteiger charge is -2.18. The van der Waals surface area contributed by atoms with E-state index in [-0.39, 0.29) is 12.0 Å². The lowest BCUT2D eigenvalue weighted by atomic mass is 9.90. The summed E-state index contributed by atoms with van der Waals surface area (Å²) in [6.07, 6.45) is 0. The Balaban J connectivity index is 2.02. The van der Waals surface area contributed by atoms with E-state index in [4.69, 9.17) is 0 Å². The fourth-order valence-corrected chi connectivity index (χ4v) is 2.62. The van der Waals surface area contributed by atoms with Crippen molar-refractivity contribution < 1.29 is 5.11 Å². The van der Waals surface area contributed by atoms with Gasteiger partial charge in [-0.2, -0.15) is 0 Å². The standard InChI is InChI=1S/C14H21NO/c1-14(2,3)13-12(10-16)15(13)9-11-7-5-4-6-8-11/h4-8,12-13,16H,9-10H2,1-3H3/t12-,13+,15?/m1/s1. The van der Waals surface area contributed by atoms with Crippen LogP contribution in [-0.4, -0.2) is 28.7 Å². The van der Waals surface area contributed by atoms with Crippen LogP contribution in [0.5, 0.6) is 0 Å². The number of rotatable bonds is 3. The van der Waals surface area contributed by atoms with Gasteiger partial charge in [0.25, 0.3) is 0 Å². The Morgan fingerprint density at radius 3 is 2.25 bits per heavy atom. The molecule has 0 aromatic heterocycles. The topological polar surface area (TPSA) is 23.2 Å². The molecular formula is C14H21NO. The third-order valence-electron chi connectivity index (χ3n) is 3.34. The van der Waals surface area contributed by atoms with E-state index in [1.165, 1.54) is 5.56 Å². The fourth-order valence-electron chi connectivity index (χ4n) is 2.62. The Morgan fingerprint density at radius 1 is 1.19 bits per heavy atom. The number of hydrogen-bond donors (Lipinski definition) is 1. The van der Waals surface area contributed by atoms with Gasteiger partial charge in [0.2, 0.25) is 0 Å². The quantitative estimate of drug-likeness (QED) is 0.788. The fraction of sp³-hybridized carbons (Fsp3) is 0.571. The molecule has 1 N–H and O–H groups in total. The van der Waals surface area contributed by atoms with E-state index in [1.54, 1.807) is 0 Å². The van der Waals surface area contributed by atoms with Crippen LogP contribution in [0.4, 0.5) is 0 Å². The van der Waals surface area contributed by atoms with E-state index >= 15 is 0 Å². The molecular weight excluding hydrogens is 198 g/mol. The van der Waals surface area contributed by atoms with Gasteiger partial charge in [-0.15, -0.1) is 0 Å². The molecule has 1 fully saturated rings. The van der Waals surface area contributed by atoms with Crippen LogP contribution in [0.2, 0.25) is 0 Å². The number of aliphatic hydroxyl groups excluding tert-OH is 1. The minimum Gasteiger partial charge on any atom is -0.395 e. The van der Waals surface area contributed by atoms with Crippen molar-refractivity contribution in [1.29, 1.82) is 0 Å². The highest BCUT2D eigenvalue weighted by Crippen LogP contribution is 2.42. The lowest BCUT2D eigenvalue weighted by molar-refractivity contribution is 0.271. The number of nitrogens with zero attached hydrogens (tertiary/aromatic N) is 1. The molecule has 0 radical (unpaired) electrons. The van der Waals surface area contributed by atoms with E-state index in [9.17, 15) is 5.11 Å². The van der Waals surface area contributed by atoms with Crippen LogP contribution >= 0.6 is 0 Å². The number of aliphatic hydroxyl groups is 1. The maximum Gasteiger partial charge on any atom is 0.0602 e. The highest BCUT2D eigenvalue weighted by atomic mass is 16.3. The molecule has 2 heteroatoms. The summed E-state index contributed by atoms with van der Waals surface area (Å²) in [7, 11) is 0. The lowest BCUT2D eigenvalue weighted by Crippen LogP contribution is -2.19. The molecule has 1 aliphatic heterocycles. The van der Waals surface area contributed by atoms with Crippen molar-refractivity contribution in [3.8, 4) is 0 Å². The van der Waals surface area contributed by atoms with Gasteiger partial charge in [-0.3, -0.25) is 4.90 Å². The molecule has 1 unspecified atom stereocenters. The SMILES string of the molecule is CC(C)(C)[C@@H]1[C@@H](CO)N1Cc1ccccc1. The zero-order valence-corrected chi connectivity index (χ0v) is 10.4. The summed E-state index contributed by atoms with van der Waals surface area (Å²) in [5, 5.41) is 9.35. The number of benzene rings is 1. The van der Waals surface area contributed by atoms with Gasteiger partial charge in [-0.1, -0.05) is 51.1 Å². The Morgan fingerprint density at radius 2 is 1.81 bits per heavy atom. The van der Waals surface area contributed by atoms with E-state index < -0.39 is 0 Å². The first-order valence-corrected chi connectivity index (χ1v) is 5.94. The summed E-state index contributed by atoms with van der Waals surface area (Å²) >= 11 is 0. The first-order valence-electron chi connectivity index (χ1n) is 5.94. The summed E-state index contributed by atoms with van der Waals surface area (Å²) in [5.74, 6) is 0. The Bertz CT molecular complexity index is 342. The van der Waals surface area contributed by atoms with Crippen molar-refractivity contribution in [1.82, 2.24) is 4.90 Å². The zero-order chi connectivity index (χ0) is 11.8. The normalized spacial score (nSPS) is 29.1. The van der Waals surface area contributed by atoms with Gasteiger partial charge < -0.3 is 5.11 Å². The Kier molecular flexibility index (Phi) is 3.04. The van der Waals surface area contributed by atoms with E-state index in [0.717, 1.165) is 6.54 Å². The second-order valence-electron chi connectivity index (χ2n) is 5.72. The van der Waals surface area contributed by atoms with Crippen molar-refractivity contribution in [3.05, 3.63) is 35.9 Å². The second kappa shape index (κ2) is 4.19. The van der Waals surface area contributed by atoms with Gasteiger partial charge in [0.1, 0.15) is 0 Å². The summed E-state index contributed by atoms with van der Waals surface area (Å²) in [5.41, 5.74) is 1.58. The minimum atomic E-state index is 0.252. The summed E-state index contributed by atoms with van der Waals surface area (Å²) in [6, 6.07) is 11.3. The van der Waals surface area contributed by atoms with Gasteiger partial charge in [0.15, 0.2) is 0 Å². The maximum absolute atomic E-state index is 9.35. The summed E-state index contributed by atoms with van der Waals surface area (Å²) < 4.78 is 0. The molecule has 0 bridgehead atoms. The maximum atomic E-state index is 9.35. The van der Waals surface area contributed by atoms with Crippen molar-refractivity contribution in [2.24, 2.45) is 5.41 Å². The molecule has 0 amide bonds. The van der Waals surface area contributed by atoms with E-state index in [2.05, 4.69) is 49.9 Å². The first-order chi connectivity index (χ1) is 7.54. The van der Waals surface area contributed by atoms with Crippen molar-refractivity contribution >= 4 is 0 Å². The Labute approximate surface area is 97.9 Å². The molecule has 88 valence electrons. The van der Waals surface area contributed by atoms with Crippen LogP contribution in [0, 0.1) is 5.41 Å². The largest absolute Gasteiger partial charge is 0.395 e. The minimum absolute atomic E-state index is 0.252. The van der Waals surface area contributed by atoms with Crippen LogP contribution in [0.15, 0.2) is 30.3 Å². The molecule has 1 aromatic carbocycles. The monoisotopic (exact) mass is 219 g/mol. The van der Waals surface area contributed by atoms with Gasteiger partial charge in [0.05, 0.1) is 6.61 Å². The summed E-state index contributed by atoms with van der Waals surface area (Å²) in [4.78, 5) is 2.38. The van der Waals surface area contributed by atoms with Crippen LogP contribution in [-0.2, 0) is 6.54 Å². The molecule has 1 saturated heterocycles. The average molecular weight is 219 g/mol. The van der Waals surface area contributed by atoms with Gasteiger partial charge in [-0.25, -0.2) is 0 Å². The van der Waals surface area contributed by atoms with Crippen LogP contribution in [0.25, 0.3) is 0 Å². The number of hydrogen-bond acceptors (Lipinski definition) is 2. The highest BCUT2D eigenvalue weighted by molar-refractivity contribution is 5.18. The molecule has 0 spiro atoms. The van der Waals surface area contributed by atoms with Gasteiger partial charge in [0, 0.05) is 18.6 Å². The molecule has 3 atom stereocenters. The molecule has 16 heavy (non-hydrogen) atoms. The predicted molar refractivity (Wildman–Crippen MR) is 66.1 cm³/mol. The van der Waals surface area contributed by atoms with E-state index in [0.29, 0.717) is 12.1 Å². The molecule has 1 heterocycles. The molecule has 2 rings (SSSR count). The third kappa shape index (κ3) is 2.28. The predicted octanol–water partition coefficient (Wildman–Crippen LogP) is 2.28. The first kappa shape index (κ1) is 11.6. The van der Waals surface area contributed by atoms with E-state index in [1.807, 2.05) is 6.07 Å². The molecule has 0 aliphatic carbocycles.